The summed E-state index contributed by atoms with van der Waals surface area (Å²) < 4.78 is 13.3. The highest BCUT2D eigenvalue weighted by molar-refractivity contribution is 8.00. The van der Waals surface area contributed by atoms with Gasteiger partial charge in [-0.05, 0) is 30.6 Å². The third-order valence-electron chi connectivity index (χ3n) is 2.44. The number of carbonyl (C=O) groups excluding carboxylic acids is 1. The van der Waals surface area contributed by atoms with Crippen molar-refractivity contribution >= 4 is 35.4 Å². The van der Waals surface area contributed by atoms with Gasteiger partial charge in [0.05, 0.1) is 5.75 Å². The van der Waals surface area contributed by atoms with E-state index in [4.69, 9.17) is 5.11 Å². The third-order valence-corrected chi connectivity index (χ3v) is 4.13. The summed E-state index contributed by atoms with van der Waals surface area (Å²) in [5.41, 5.74) is 0. The number of carboxylic acids is 1. The molecule has 0 bridgehead atoms. The topological polar surface area (TPSA) is 66.4 Å². The molecule has 20 heavy (non-hydrogen) atoms. The Kier molecular flexibility index (Phi) is 7.46. The van der Waals surface area contributed by atoms with Crippen LogP contribution in [0.1, 0.15) is 6.42 Å². The number of benzene rings is 1. The van der Waals surface area contributed by atoms with Crippen molar-refractivity contribution in [1.82, 2.24) is 5.32 Å². The van der Waals surface area contributed by atoms with Crippen LogP contribution >= 0.6 is 23.5 Å². The van der Waals surface area contributed by atoms with Crippen molar-refractivity contribution in [2.75, 3.05) is 17.8 Å². The molecule has 0 aromatic heterocycles. The lowest BCUT2D eigenvalue weighted by molar-refractivity contribution is -0.141. The Balaban J connectivity index is 2.46. The molecule has 1 amide bonds. The van der Waals surface area contributed by atoms with E-state index in [1.165, 1.54) is 17.8 Å². The van der Waals surface area contributed by atoms with E-state index in [-0.39, 0.29) is 11.6 Å². The molecule has 1 aromatic carbocycles. The van der Waals surface area contributed by atoms with Crippen molar-refractivity contribution in [3.8, 4) is 0 Å². The van der Waals surface area contributed by atoms with E-state index in [1.807, 2.05) is 6.26 Å². The number of hydrogen-bond donors (Lipinski definition) is 2. The van der Waals surface area contributed by atoms with Gasteiger partial charge in [-0.15, -0.1) is 11.8 Å². The average Bonchev–Trinajstić information content (AvgIpc) is 2.42. The maximum atomic E-state index is 13.3. The van der Waals surface area contributed by atoms with Crippen LogP contribution in [0.3, 0.4) is 0 Å². The van der Waals surface area contributed by atoms with E-state index in [9.17, 15) is 14.0 Å². The van der Waals surface area contributed by atoms with Crippen molar-refractivity contribution in [1.29, 1.82) is 0 Å². The monoisotopic (exact) mass is 317 g/mol. The van der Waals surface area contributed by atoms with Crippen molar-refractivity contribution in [3.05, 3.63) is 30.1 Å². The van der Waals surface area contributed by atoms with Gasteiger partial charge in [0.25, 0.3) is 0 Å². The number of amides is 1. The molecule has 0 radical (unpaired) electrons. The molecule has 0 aliphatic carbocycles. The molecule has 2 N–H and O–H groups in total. The summed E-state index contributed by atoms with van der Waals surface area (Å²) in [6.07, 6.45) is 2.24. The predicted octanol–water partition coefficient (Wildman–Crippen LogP) is 2.24. The summed E-state index contributed by atoms with van der Waals surface area (Å²) in [7, 11) is 0. The normalized spacial score (nSPS) is 11.9. The summed E-state index contributed by atoms with van der Waals surface area (Å²) in [6.45, 7) is 0. The molecule has 110 valence electrons. The Bertz CT molecular complexity index is 471. The van der Waals surface area contributed by atoms with Gasteiger partial charge in [0.1, 0.15) is 11.9 Å². The zero-order valence-electron chi connectivity index (χ0n) is 11.0. The molecule has 0 aliphatic heterocycles. The highest BCUT2D eigenvalue weighted by Crippen LogP contribution is 2.20. The first-order valence-corrected chi connectivity index (χ1v) is 8.31. The fourth-order valence-electron chi connectivity index (χ4n) is 1.43. The number of carbonyl (C=O) groups is 2. The molecule has 0 saturated heterocycles. The number of hydrogen-bond acceptors (Lipinski definition) is 4. The maximum Gasteiger partial charge on any atom is 0.326 e. The Hall–Kier alpha value is -1.21. The van der Waals surface area contributed by atoms with Gasteiger partial charge in [-0.3, -0.25) is 4.79 Å². The van der Waals surface area contributed by atoms with Crippen LogP contribution in [-0.4, -0.2) is 40.8 Å². The number of halogens is 1. The second-order valence-electron chi connectivity index (χ2n) is 3.96. The molecule has 0 heterocycles. The van der Waals surface area contributed by atoms with Gasteiger partial charge in [0, 0.05) is 4.90 Å². The molecule has 4 nitrogen and oxygen atoms in total. The molecule has 0 saturated carbocycles. The van der Waals surface area contributed by atoms with Gasteiger partial charge in [-0.2, -0.15) is 11.8 Å². The van der Waals surface area contributed by atoms with Crippen LogP contribution in [0.15, 0.2) is 29.2 Å². The van der Waals surface area contributed by atoms with Crippen molar-refractivity contribution < 1.29 is 19.1 Å². The minimum absolute atomic E-state index is 0.00994. The zero-order valence-corrected chi connectivity index (χ0v) is 12.6. The Morgan fingerprint density at radius 2 is 2.10 bits per heavy atom. The third kappa shape index (κ3) is 5.83. The van der Waals surface area contributed by atoms with Crippen LogP contribution in [0.4, 0.5) is 4.39 Å². The molecular formula is C13H16FNO3S2. The molecule has 1 aromatic rings. The number of aliphatic carboxylic acids is 1. The van der Waals surface area contributed by atoms with Crippen molar-refractivity contribution in [2.45, 2.75) is 17.4 Å². The molecule has 1 unspecified atom stereocenters. The van der Waals surface area contributed by atoms with E-state index in [1.54, 1.807) is 18.2 Å². The fraction of sp³-hybridized carbons (Fsp3) is 0.385. The fourth-order valence-corrected chi connectivity index (χ4v) is 2.66. The number of thioether (sulfide) groups is 2. The lowest BCUT2D eigenvalue weighted by Gasteiger charge is -2.13. The van der Waals surface area contributed by atoms with Gasteiger partial charge < -0.3 is 10.4 Å². The van der Waals surface area contributed by atoms with Crippen LogP contribution in [0.25, 0.3) is 0 Å². The smallest absolute Gasteiger partial charge is 0.326 e. The van der Waals surface area contributed by atoms with Crippen molar-refractivity contribution in [3.63, 3.8) is 0 Å². The maximum absolute atomic E-state index is 13.3. The Morgan fingerprint density at radius 3 is 2.70 bits per heavy atom. The first-order valence-electron chi connectivity index (χ1n) is 5.93. The molecule has 0 fully saturated rings. The summed E-state index contributed by atoms with van der Waals surface area (Å²) in [6, 6.07) is 5.26. The first-order chi connectivity index (χ1) is 9.54. The molecule has 1 rings (SSSR count). The highest BCUT2D eigenvalue weighted by Gasteiger charge is 2.19. The molecular weight excluding hydrogens is 301 g/mol. The van der Waals surface area contributed by atoms with Crippen LogP contribution in [0, 0.1) is 5.82 Å². The van der Waals surface area contributed by atoms with Crippen molar-refractivity contribution in [2.24, 2.45) is 0 Å². The second-order valence-corrected chi connectivity index (χ2v) is 5.96. The summed E-state index contributed by atoms with van der Waals surface area (Å²) in [5, 5.41) is 11.4. The van der Waals surface area contributed by atoms with Gasteiger partial charge >= 0.3 is 5.97 Å². The van der Waals surface area contributed by atoms with Gasteiger partial charge in [0.2, 0.25) is 5.91 Å². The molecule has 7 heteroatoms. The minimum Gasteiger partial charge on any atom is -0.480 e. The lowest BCUT2D eigenvalue weighted by Crippen LogP contribution is -2.42. The predicted molar refractivity (Wildman–Crippen MR) is 79.7 cm³/mol. The largest absolute Gasteiger partial charge is 0.480 e. The van der Waals surface area contributed by atoms with E-state index < -0.39 is 17.9 Å². The van der Waals surface area contributed by atoms with Crippen LogP contribution < -0.4 is 5.32 Å². The van der Waals surface area contributed by atoms with E-state index in [0.717, 1.165) is 11.8 Å². The number of rotatable bonds is 8. The Morgan fingerprint density at radius 1 is 1.40 bits per heavy atom. The molecule has 0 aliphatic rings. The number of nitrogens with one attached hydrogen (secondary N) is 1. The van der Waals surface area contributed by atoms with E-state index in [2.05, 4.69) is 5.32 Å². The zero-order chi connectivity index (χ0) is 15.0. The molecule has 0 spiro atoms. The quantitative estimate of drug-likeness (QED) is 0.720. The summed E-state index contributed by atoms with van der Waals surface area (Å²) in [4.78, 5) is 23.0. The molecule has 1 atom stereocenters. The van der Waals surface area contributed by atoms with Gasteiger partial charge in [-0.1, -0.05) is 12.1 Å². The highest BCUT2D eigenvalue weighted by atomic mass is 32.2. The Labute approximate surface area is 125 Å². The van der Waals surface area contributed by atoms with Crippen LogP contribution in [0.5, 0.6) is 0 Å². The van der Waals surface area contributed by atoms with E-state index >= 15 is 0 Å². The van der Waals surface area contributed by atoms with Gasteiger partial charge in [-0.25, -0.2) is 9.18 Å². The van der Waals surface area contributed by atoms with E-state index in [0.29, 0.717) is 17.1 Å². The van der Waals surface area contributed by atoms with Crippen LogP contribution in [-0.2, 0) is 9.59 Å². The van der Waals surface area contributed by atoms with Crippen LogP contribution in [0.2, 0.25) is 0 Å². The first kappa shape index (κ1) is 16.8. The summed E-state index contributed by atoms with van der Waals surface area (Å²) in [5.74, 6) is -1.21. The van der Waals surface area contributed by atoms with Gasteiger partial charge in [0.15, 0.2) is 0 Å². The lowest BCUT2D eigenvalue weighted by atomic mass is 10.2. The minimum atomic E-state index is -1.05. The number of carboxylic acid groups (broad SMARTS) is 1. The second kappa shape index (κ2) is 8.86. The summed E-state index contributed by atoms with van der Waals surface area (Å²) >= 11 is 2.56. The standard InChI is InChI=1S/C13H16FNO3S2/c1-19-7-6-10(13(17)18)15-12(16)8-20-11-5-3-2-4-9(11)14/h2-5,10H,6-8H2,1H3,(H,15,16)(H,17,18). The average molecular weight is 317 g/mol. The SMILES string of the molecule is CSCCC(NC(=O)CSc1ccccc1F)C(=O)O.